The van der Waals surface area contributed by atoms with Gasteiger partial charge < -0.3 is 25.6 Å². The molecule has 3 amide bonds. The Morgan fingerprint density at radius 3 is 2.59 bits per heavy atom. The normalized spacial score (nSPS) is 12.7. The molecule has 3 N–H and O–H groups in total. The summed E-state index contributed by atoms with van der Waals surface area (Å²) in [7, 11) is 1.44. The lowest BCUT2D eigenvalue weighted by atomic mass is 10.1. The number of hydrogen-bond donors (Lipinski definition) is 3. The molecule has 5 rings (SSSR count). The van der Waals surface area contributed by atoms with Crippen LogP contribution < -0.4 is 20.9 Å². The van der Waals surface area contributed by atoms with Crippen LogP contribution in [0.25, 0.3) is 0 Å². The number of benzene rings is 3. The van der Waals surface area contributed by atoms with E-state index in [-0.39, 0.29) is 53.6 Å². The van der Waals surface area contributed by atoms with Gasteiger partial charge in [0.25, 0.3) is 5.91 Å². The molecule has 11 nitrogen and oxygen atoms in total. The van der Waals surface area contributed by atoms with E-state index in [1.165, 1.54) is 36.3 Å². The summed E-state index contributed by atoms with van der Waals surface area (Å²) in [6.07, 6.45) is 0.751. The van der Waals surface area contributed by atoms with Crippen molar-refractivity contribution in [3.05, 3.63) is 100 Å². The predicted octanol–water partition coefficient (Wildman–Crippen LogP) is 5.62. The third kappa shape index (κ3) is 6.70. The first kappa shape index (κ1) is 30.2. The zero-order chi connectivity index (χ0) is 31.2. The van der Waals surface area contributed by atoms with Crippen molar-refractivity contribution < 1.29 is 23.5 Å². The number of fused-ring (bicyclic) bond motifs is 1. The Hall–Kier alpha value is -5.23. The Balaban J connectivity index is 1.36. The van der Waals surface area contributed by atoms with E-state index in [1.54, 1.807) is 23.1 Å². The molecule has 0 saturated heterocycles. The van der Waals surface area contributed by atoms with Gasteiger partial charge in [0.15, 0.2) is 5.82 Å². The number of carbonyl (C=O) groups is 3. The van der Waals surface area contributed by atoms with Crippen LogP contribution in [0.15, 0.2) is 72.9 Å². The van der Waals surface area contributed by atoms with Crippen molar-refractivity contribution in [3.8, 4) is 0 Å². The number of para-hydroxylation sites is 1. The SMILES string of the molecule is CCN1C(=O)CN(C(=O)OCc2ccccc2)Cc2ccc(Nc3ncc(Cl)c(Nc4c(F)cccc4C(=O)NC)n3)cc21. The number of rotatable bonds is 8. The average molecular weight is 618 g/mol. The molecule has 3 aromatic carbocycles. The lowest BCUT2D eigenvalue weighted by Crippen LogP contribution is -2.40. The van der Waals surface area contributed by atoms with E-state index in [0.29, 0.717) is 17.9 Å². The molecule has 0 bridgehead atoms. The van der Waals surface area contributed by atoms with Crippen molar-refractivity contribution >= 4 is 58.3 Å². The van der Waals surface area contributed by atoms with E-state index in [2.05, 4.69) is 25.9 Å². The van der Waals surface area contributed by atoms with E-state index >= 15 is 0 Å². The van der Waals surface area contributed by atoms with Gasteiger partial charge in [0.2, 0.25) is 11.9 Å². The lowest BCUT2D eigenvalue weighted by Gasteiger charge is -2.21. The van der Waals surface area contributed by atoms with Crippen molar-refractivity contribution in [3.63, 3.8) is 0 Å². The second kappa shape index (κ2) is 13.4. The Bertz CT molecular complexity index is 1710. The van der Waals surface area contributed by atoms with Gasteiger partial charge in [-0.2, -0.15) is 4.98 Å². The van der Waals surface area contributed by atoms with E-state index in [0.717, 1.165) is 11.1 Å². The van der Waals surface area contributed by atoms with Crippen molar-refractivity contribution in [2.75, 3.05) is 35.7 Å². The first-order valence-corrected chi connectivity index (χ1v) is 14.1. The van der Waals surface area contributed by atoms with Crippen LogP contribution in [0.2, 0.25) is 5.02 Å². The second-order valence-corrected chi connectivity index (χ2v) is 10.2. The molecule has 4 aromatic rings. The summed E-state index contributed by atoms with van der Waals surface area (Å²) in [5.41, 5.74) is 2.75. The minimum absolute atomic E-state index is 0.0733. The maximum absolute atomic E-state index is 14.7. The lowest BCUT2D eigenvalue weighted by molar-refractivity contribution is -0.119. The molecule has 0 spiro atoms. The Kier molecular flexibility index (Phi) is 9.20. The Morgan fingerprint density at radius 2 is 1.84 bits per heavy atom. The molecular weight excluding hydrogens is 589 g/mol. The highest BCUT2D eigenvalue weighted by atomic mass is 35.5. The summed E-state index contributed by atoms with van der Waals surface area (Å²) in [6.45, 7) is 2.36. The van der Waals surface area contributed by atoms with Crippen LogP contribution >= 0.6 is 11.6 Å². The molecule has 0 aliphatic carbocycles. The van der Waals surface area contributed by atoms with E-state index in [1.807, 2.05) is 37.3 Å². The van der Waals surface area contributed by atoms with Crippen LogP contribution in [-0.4, -0.2) is 52.9 Å². The summed E-state index contributed by atoms with van der Waals surface area (Å²) in [5.74, 6) is -1.21. The number of nitrogens with zero attached hydrogens (tertiary/aromatic N) is 4. The van der Waals surface area contributed by atoms with Crippen LogP contribution in [0.4, 0.5) is 38.0 Å². The predicted molar refractivity (Wildman–Crippen MR) is 165 cm³/mol. The number of amides is 3. The molecule has 44 heavy (non-hydrogen) atoms. The number of ether oxygens (including phenoxy) is 1. The molecule has 0 unspecified atom stereocenters. The number of carbonyl (C=O) groups excluding carboxylic acids is 3. The molecule has 0 radical (unpaired) electrons. The van der Waals surface area contributed by atoms with Gasteiger partial charge in [-0.15, -0.1) is 0 Å². The monoisotopic (exact) mass is 617 g/mol. The number of hydrogen-bond acceptors (Lipinski definition) is 8. The molecule has 1 aromatic heterocycles. The standard InChI is InChI=1S/C31H29ClFN7O4/c1-3-40-25-14-21(13-12-20(25)16-39(17-26(40)41)31(43)44-18-19-8-5-4-6-9-19)36-30-35-15-23(32)28(38-30)37-27-22(29(42)34-2)10-7-11-24(27)33/h4-15H,3,16-18H2,1-2H3,(H,34,42)(H2,35,36,37,38). The van der Waals surface area contributed by atoms with Gasteiger partial charge in [0, 0.05) is 19.3 Å². The largest absolute Gasteiger partial charge is 0.445 e. The van der Waals surface area contributed by atoms with E-state index in [4.69, 9.17) is 16.3 Å². The van der Waals surface area contributed by atoms with E-state index in [9.17, 15) is 18.8 Å². The molecule has 1 aliphatic heterocycles. The molecule has 226 valence electrons. The Labute approximate surface area is 258 Å². The van der Waals surface area contributed by atoms with Crippen LogP contribution in [0.1, 0.15) is 28.4 Å². The van der Waals surface area contributed by atoms with Gasteiger partial charge in [-0.1, -0.05) is 54.1 Å². The highest BCUT2D eigenvalue weighted by Gasteiger charge is 2.29. The molecule has 0 saturated carbocycles. The maximum Gasteiger partial charge on any atom is 0.410 e. The first-order chi connectivity index (χ1) is 21.3. The van der Waals surface area contributed by atoms with Gasteiger partial charge in [0.05, 0.1) is 29.7 Å². The average Bonchev–Trinajstić information content (AvgIpc) is 3.17. The highest BCUT2D eigenvalue weighted by molar-refractivity contribution is 6.33. The van der Waals surface area contributed by atoms with Crippen molar-refractivity contribution in [1.82, 2.24) is 20.2 Å². The number of halogens is 2. The highest BCUT2D eigenvalue weighted by Crippen LogP contribution is 2.32. The topological polar surface area (TPSA) is 129 Å². The molecule has 1 aliphatic rings. The summed E-state index contributed by atoms with van der Waals surface area (Å²) in [4.78, 5) is 50.0. The number of likely N-dealkylation sites (N-methyl/N-ethyl adjacent to an activating group) is 1. The van der Waals surface area contributed by atoms with Crippen LogP contribution in [-0.2, 0) is 22.7 Å². The van der Waals surface area contributed by atoms with Gasteiger partial charge in [-0.25, -0.2) is 14.2 Å². The fourth-order valence-electron chi connectivity index (χ4n) is 4.70. The molecule has 0 fully saturated rings. The third-order valence-electron chi connectivity index (χ3n) is 6.87. The van der Waals surface area contributed by atoms with Crippen molar-refractivity contribution in [2.45, 2.75) is 20.1 Å². The van der Waals surface area contributed by atoms with Crippen molar-refractivity contribution in [1.29, 1.82) is 0 Å². The summed E-state index contributed by atoms with van der Waals surface area (Å²) in [5, 5.41) is 8.47. The van der Waals surface area contributed by atoms with Gasteiger partial charge in [-0.05, 0) is 42.3 Å². The minimum atomic E-state index is -0.664. The summed E-state index contributed by atoms with van der Waals surface area (Å²) < 4.78 is 20.2. The maximum atomic E-state index is 14.7. The van der Waals surface area contributed by atoms with Gasteiger partial charge in [-0.3, -0.25) is 14.5 Å². The third-order valence-corrected chi connectivity index (χ3v) is 7.15. The fraction of sp³-hybridized carbons (Fsp3) is 0.194. The van der Waals surface area contributed by atoms with Gasteiger partial charge in [0.1, 0.15) is 24.0 Å². The number of aromatic nitrogens is 2. The van der Waals surface area contributed by atoms with Crippen LogP contribution in [0, 0.1) is 5.82 Å². The zero-order valence-corrected chi connectivity index (χ0v) is 24.7. The van der Waals surface area contributed by atoms with Crippen molar-refractivity contribution in [2.24, 2.45) is 0 Å². The minimum Gasteiger partial charge on any atom is -0.445 e. The molecule has 2 heterocycles. The zero-order valence-electron chi connectivity index (χ0n) is 23.9. The van der Waals surface area contributed by atoms with Crippen LogP contribution in [0.3, 0.4) is 0 Å². The van der Waals surface area contributed by atoms with Gasteiger partial charge >= 0.3 is 6.09 Å². The smallest absolute Gasteiger partial charge is 0.410 e. The fourth-order valence-corrected chi connectivity index (χ4v) is 4.83. The summed E-state index contributed by atoms with van der Waals surface area (Å²) >= 11 is 6.31. The quantitative estimate of drug-likeness (QED) is 0.232. The summed E-state index contributed by atoms with van der Waals surface area (Å²) in [6, 6.07) is 18.8. The first-order valence-electron chi connectivity index (χ1n) is 13.7. The molecular formula is C31H29ClFN7O4. The number of anilines is 5. The second-order valence-electron chi connectivity index (χ2n) is 9.76. The molecule has 0 atom stereocenters. The van der Waals surface area contributed by atoms with E-state index < -0.39 is 17.8 Å². The van der Waals surface area contributed by atoms with Crippen LogP contribution in [0.5, 0.6) is 0 Å². The Morgan fingerprint density at radius 1 is 1.05 bits per heavy atom. The molecule has 13 heteroatoms. The number of nitrogens with one attached hydrogen (secondary N) is 3.